The fourth-order valence-electron chi connectivity index (χ4n) is 2.55. The molecule has 1 aliphatic heterocycles. The lowest BCUT2D eigenvalue weighted by Gasteiger charge is -2.16. The fourth-order valence-corrected chi connectivity index (χ4v) is 2.55. The first-order valence-electron chi connectivity index (χ1n) is 7.04. The molecule has 0 bridgehead atoms. The second-order valence-electron chi connectivity index (χ2n) is 5.87. The maximum Gasteiger partial charge on any atom is 0.123 e. The van der Waals surface area contributed by atoms with Crippen molar-refractivity contribution < 1.29 is 4.74 Å². The van der Waals surface area contributed by atoms with Gasteiger partial charge in [-0.15, -0.1) is 6.42 Å². The number of nitrogens with one attached hydrogen (secondary N) is 1. The van der Waals surface area contributed by atoms with Gasteiger partial charge in [-0.2, -0.15) is 0 Å². The highest BCUT2D eigenvalue weighted by molar-refractivity contribution is 5.41. The minimum absolute atomic E-state index is 0.0715. The predicted molar refractivity (Wildman–Crippen MR) is 79.2 cm³/mol. The van der Waals surface area contributed by atoms with Crippen molar-refractivity contribution in [1.82, 2.24) is 5.32 Å². The smallest absolute Gasteiger partial charge is 0.123 e. The standard InChI is InChI=1S/C17H23NO/c1-5-7-15(6-2)18-12-13-8-9-16-14(10-13)11-17(3,4)19-16/h2,8-10,15,18H,5,7,11-12H2,1,3-4H3. The summed E-state index contributed by atoms with van der Waals surface area (Å²) in [6.45, 7) is 7.23. The third-order valence-electron chi connectivity index (χ3n) is 3.46. The van der Waals surface area contributed by atoms with Crippen molar-refractivity contribution in [3.05, 3.63) is 29.3 Å². The summed E-state index contributed by atoms with van der Waals surface area (Å²) >= 11 is 0. The molecule has 1 aliphatic rings. The van der Waals surface area contributed by atoms with Gasteiger partial charge in [0.2, 0.25) is 0 Å². The average molecular weight is 257 g/mol. The van der Waals surface area contributed by atoms with Crippen LogP contribution in [0.15, 0.2) is 18.2 Å². The number of benzene rings is 1. The number of terminal acetylenes is 1. The van der Waals surface area contributed by atoms with Gasteiger partial charge in [-0.3, -0.25) is 5.32 Å². The molecule has 0 radical (unpaired) electrons. The maximum atomic E-state index is 5.88. The normalized spacial score (nSPS) is 17.4. The summed E-state index contributed by atoms with van der Waals surface area (Å²) in [6.07, 6.45) is 8.62. The molecule has 102 valence electrons. The van der Waals surface area contributed by atoms with E-state index in [1.807, 2.05) is 0 Å². The number of ether oxygens (including phenoxy) is 1. The molecule has 0 fully saturated rings. The Morgan fingerprint density at radius 2 is 2.26 bits per heavy atom. The molecule has 0 saturated carbocycles. The van der Waals surface area contributed by atoms with Gasteiger partial charge in [-0.1, -0.05) is 31.4 Å². The molecule has 1 atom stereocenters. The molecule has 19 heavy (non-hydrogen) atoms. The van der Waals surface area contributed by atoms with Gasteiger partial charge in [0.05, 0.1) is 6.04 Å². The molecule has 1 heterocycles. The van der Waals surface area contributed by atoms with E-state index >= 15 is 0 Å². The van der Waals surface area contributed by atoms with E-state index in [1.54, 1.807) is 0 Å². The summed E-state index contributed by atoms with van der Waals surface area (Å²) in [5.41, 5.74) is 2.51. The second-order valence-corrected chi connectivity index (χ2v) is 5.87. The Morgan fingerprint density at radius 3 is 2.95 bits per heavy atom. The minimum Gasteiger partial charge on any atom is -0.487 e. The highest BCUT2D eigenvalue weighted by Gasteiger charge is 2.29. The number of fused-ring (bicyclic) bond motifs is 1. The average Bonchev–Trinajstić information content (AvgIpc) is 2.67. The molecule has 1 N–H and O–H groups in total. The van der Waals surface area contributed by atoms with Gasteiger partial charge in [0, 0.05) is 13.0 Å². The van der Waals surface area contributed by atoms with Crippen LogP contribution in [0.1, 0.15) is 44.7 Å². The lowest BCUT2D eigenvalue weighted by Crippen LogP contribution is -2.26. The van der Waals surface area contributed by atoms with Crippen molar-refractivity contribution in [2.24, 2.45) is 0 Å². The van der Waals surface area contributed by atoms with Crippen molar-refractivity contribution in [3.63, 3.8) is 0 Å². The second kappa shape index (κ2) is 5.67. The molecule has 0 amide bonds. The van der Waals surface area contributed by atoms with Gasteiger partial charge in [0.25, 0.3) is 0 Å². The Labute approximate surface area is 116 Å². The Bertz CT molecular complexity index is 485. The van der Waals surface area contributed by atoms with Crippen LogP contribution in [0.4, 0.5) is 0 Å². The maximum absolute atomic E-state index is 5.88. The van der Waals surface area contributed by atoms with E-state index in [4.69, 9.17) is 11.2 Å². The summed E-state index contributed by atoms with van der Waals surface area (Å²) in [5, 5.41) is 3.42. The summed E-state index contributed by atoms with van der Waals surface area (Å²) < 4.78 is 5.88. The van der Waals surface area contributed by atoms with Crippen molar-refractivity contribution >= 4 is 0 Å². The SMILES string of the molecule is C#CC(CCC)NCc1ccc2c(c1)CC(C)(C)O2. The van der Waals surface area contributed by atoms with E-state index in [0.29, 0.717) is 0 Å². The summed E-state index contributed by atoms with van der Waals surface area (Å²) in [6, 6.07) is 6.60. The third-order valence-corrected chi connectivity index (χ3v) is 3.46. The quantitative estimate of drug-likeness (QED) is 0.817. The van der Waals surface area contributed by atoms with Gasteiger partial charge in [0.1, 0.15) is 11.4 Å². The lowest BCUT2D eigenvalue weighted by atomic mass is 10.00. The highest BCUT2D eigenvalue weighted by atomic mass is 16.5. The zero-order chi connectivity index (χ0) is 13.9. The summed E-state index contributed by atoms with van der Waals surface area (Å²) in [5.74, 6) is 3.83. The van der Waals surface area contributed by atoms with Crippen LogP contribution in [0.5, 0.6) is 5.75 Å². The van der Waals surface area contributed by atoms with Crippen LogP contribution in [0.2, 0.25) is 0 Å². The zero-order valence-electron chi connectivity index (χ0n) is 12.1. The van der Waals surface area contributed by atoms with Crippen LogP contribution in [-0.4, -0.2) is 11.6 Å². The molecule has 0 spiro atoms. The van der Waals surface area contributed by atoms with Gasteiger partial charge >= 0.3 is 0 Å². The number of rotatable bonds is 5. The summed E-state index contributed by atoms with van der Waals surface area (Å²) in [4.78, 5) is 0. The first-order valence-corrected chi connectivity index (χ1v) is 7.04. The first kappa shape index (κ1) is 14.0. The van der Waals surface area contributed by atoms with E-state index < -0.39 is 0 Å². The Morgan fingerprint density at radius 1 is 1.47 bits per heavy atom. The molecular formula is C17H23NO. The minimum atomic E-state index is -0.0715. The van der Waals surface area contributed by atoms with Crippen LogP contribution >= 0.6 is 0 Å². The van der Waals surface area contributed by atoms with Crippen LogP contribution < -0.4 is 10.1 Å². The molecule has 2 nitrogen and oxygen atoms in total. The largest absolute Gasteiger partial charge is 0.487 e. The molecule has 0 aromatic heterocycles. The van der Waals surface area contributed by atoms with E-state index in [9.17, 15) is 0 Å². The van der Waals surface area contributed by atoms with Crippen molar-refractivity contribution in [2.75, 3.05) is 0 Å². The first-order chi connectivity index (χ1) is 9.04. The molecule has 1 aromatic rings. The Kier molecular flexibility index (Phi) is 4.17. The predicted octanol–water partition coefficient (Wildman–Crippen LogP) is 3.29. The van der Waals surface area contributed by atoms with E-state index in [1.165, 1.54) is 11.1 Å². The zero-order valence-corrected chi connectivity index (χ0v) is 12.1. The number of hydrogen-bond acceptors (Lipinski definition) is 2. The molecule has 2 rings (SSSR count). The van der Waals surface area contributed by atoms with Crippen LogP contribution in [-0.2, 0) is 13.0 Å². The van der Waals surface area contributed by atoms with Crippen LogP contribution in [0.3, 0.4) is 0 Å². The van der Waals surface area contributed by atoms with Crippen LogP contribution in [0, 0.1) is 12.3 Å². The lowest BCUT2D eigenvalue weighted by molar-refractivity contribution is 0.138. The molecule has 0 aliphatic carbocycles. The molecule has 1 unspecified atom stereocenters. The highest BCUT2D eigenvalue weighted by Crippen LogP contribution is 2.35. The number of hydrogen-bond donors (Lipinski definition) is 1. The topological polar surface area (TPSA) is 21.3 Å². The monoisotopic (exact) mass is 257 g/mol. The summed E-state index contributed by atoms with van der Waals surface area (Å²) in [7, 11) is 0. The van der Waals surface area contributed by atoms with E-state index in [2.05, 4.69) is 50.2 Å². The molecule has 2 heteroatoms. The van der Waals surface area contributed by atoms with Crippen molar-refractivity contribution in [3.8, 4) is 18.1 Å². The molecule has 0 saturated heterocycles. The van der Waals surface area contributed by atoms with Crippen LogP contribution in [0.25, 0.3) is 0 Å². The Hall–Kier alpha value is -1.46. The van der Waals surface area contributed by atoms with Gasteiger partial charge in [0.15, 0.2) is 0 Å². The van der Waals surface area contributed by atoms with Gasteiger partial charge < -0.3 is 4.74 Å². The Balaban J connectivity index is 1.99. The van der Waals surface area contributed by atoms with Crippen molar-refractivity contribution in [2.45, 2.75) is 58.2 Å². The van der Waals surface area contributed by atoms with Crippen molar-refractivity contribution in [1.29, 1.82) is 0 Å². The third kappa shape index (κ3) is 3.52. The van der Waals surface area contributed by atoms with Gasteiger partial charge in [-0.05, 0) is 37.5 Å². The van der Waals surface area contributed by atoms with E-state index in [-0.39, 0.29) is 11.6 Å². The van der Waals surface area contributed by atoms with Gasteiger partial charge in [-0.25, -0.2) is 0 Å². The molecule has 1 aromatic carbocycles. The van der Waals surface area contributed by atoms with E-state index in [0.717, 1.165) is 31.6 Å². The fraction of sp³-hybridized carbons (Fsp3) is 0.529. The molecular weight excluding hydrogens is 234 g/mol.